The maximum Gasteiger partial charge on any atom is 0.175 e. The predicted octanol–water partition coefficient (Wildman–Crippen LogP) is 4.12. The van der Waals surface area contributed by atoms with Crippen molar-refractivity contribution in [1.82, 2.24) is 5.16 Å². The molecule has 1 fully saturated rings. The zero-order valence-corrected chi connectivity index (χ0v) is 12.2. The summed E-state index contributed by atoms with van der Waals surface area (Å²) in [7, 11) is 0. The van der Waals surface area contributed by atoms with Crippen molar-refractivity contribution >= 4 is 29.0 Å². The molecule has 3 rings (SSSR count). The second kappa shape index (κ2) is 5.64. The first-order valence-electron chi connectivity index (χ1n) is 6.45. The summed E-state index contributed by atoms with van der Waals surface area (Å²) in [6, 6.07) is 5.29. The molecule has 2 N–H and O–H groups in total. The van der Waals surface area contributed by atoms with Gasteiger partial charge in [-0.1, -0.05) is 34.4 Å². The first-order chi connectivity index (χ1) is 9.66. The van der Waals surface area contributed by atoms with Crippen LogP contribution in [0.1, 0.15) is 24.5 Å². The first-order valence-corrected chi connectivity index (χ1v) is 7.20. The Kier molecular flexibility index (Phi) is 3.87. The van der Waals surface area contributed by atoms with Crippen molar-refractivity contribution in [2.24, 2.45) is 0 Å². The molecule has 1 unspecified atom stereocenters. The summed E-state index contributed by atoms with van der Waals surface area (Å²) in [5.41, 5.74) is 7.49. The van der Waals surface area contributed by atoms with Gasteiger partial charge in [-0.15, -0.1) is 0 Å². The summed E-state index contributed by atoms with van der Waals surface area (Å²) in [5, 5.41) is 5.00. The Hall–Kier alpha value is -1.23. The van der Waals surface area contributed by atoms with E-state index in [0.717, 1.165) is 36.3 Å². The number of rotatable bonds is 2. The van der Waals surface area contributed by atoms with Gasteiger partial charge in [-0.25, -0.2) is 0 Å². The second-order valence-electron chi connectivity index (χ2n) is 4.85. The lowest BCUT2D eigenvalue weighted by Crippen LogP contribution is -2.15. The van der Waals surface area contributed by atoms with E-state index in [1.54, 1.807) is 12.1 Å². The van der Waals surface area contributed by atoms with Crippen molar-refractivity contribution in [3.05, 3.63) is 34.0 Å². The number of anilines is 1. The summed E-state index contributed by atoms with van der Waals surface area (Å²) in [6.45, 7) is 1.41. The molecule has 6 heteroatoms. The molecule has 2 heterocycles. The van der Waals surface area contributed by atoms with Gasteiger partial charge in [-0.3, -0.25) is 0 Å². The molecule has 0 aliphatic carbocycles. The van der Waals surface area contributed by atoms with Crippen LogP contribution in [0.2, 0.25) is 10.0 Å². The molecule has 2 aromatic rings. The number of nitrogen functional groups attached to an aromatic ring is 1. The Balaban J connectivity index is 2.06. The molecule has 1 aromatic heterocycles. The third-order valence-corrected chi connectivity index (χ3v) is 4.02. The average molecular weight is 313 g/mol. The third-order valence-electron chi connectivity index (χ3n) is 3.48. The number of nitrogens with two attached hydrogens (primary N) is 1. The highest BCUT2D eigenvalue weighted by atomic mass is 35.5. The summed E-state index contributed by atoms with van der Waals surface area (Å²) in [6.07, 6.45) is 1.99. The van der Waals surface area contributed by atoms with Crippen LogP contribution in [0.25, 0.3) is 11.1 Å². The molecule has 0 radical (unpaired) electrons. The highest BCUT2D eigenvalue weighted by Gasteiger charge is 2.27. The van der Waals surface area contributed by atoms with E-state index in [9.17, 15) is 0 Å². The molecule has 1 atom stereocenters. The van der Waals surface area contributed by atoms with E-state index in [1.807, 2.05) is 6.07 Å². The molecule has 0 spiro atoms. The number of hydrogen-bond donors (Lipinski definition) is 1. The molecular formula is C14H14Cl2N2O2. The van der Waals surface area contributed by atoms with Crippen LogP contribution < -0.4 is 5.73 Å². The number of halogens is 2. The normalized spacial score (nSPS) is 19.2. The van der Waals surface area contributed by atoms with E-state index in [4.69, 9.17) is 38.2 Å². The number of hydrogen-bond acceptors (Lipinski definition) is 4. The van der Waals surface area contributed by atoms with Gasteiger partial charge in [0.2, 0.25) is 0 Å². The Morgan fingerprint density at radius 1 is 1.30 bits per heavy atom. The van der Waals surface area contributed by atoms with Crippen LogP contribution >= 0.6 is 23.2 Å². The van der Waals surface area contributed by atoms with Crippen molar-refractivity contribution in [3.63, 3.8) is 0 Å². The van der Waals surface area contributed by atoms with Crippen LogP contribution in [0.4, 0.5) is 5.82 Å². The number of aromatic nitrogens is 1. The maximum atomic E-state index is 6.26. The molecule has 0 bridgehead atoms. The number of benzene rings is 1. The monoisotopic (exact) mass is 312 g/mol. The van der Waals surface area contributed by atoms with Gasteiger partial charge in [0.1, 0.15) is 0 Å². The SMILES string of the molecule is Nc1noc(C2CCCOC2)c1-c1ccc(Cl)cc1Cl. The minimum Gasteiger partial charge on any atom is -0.381 e. The lowest BCUT2D eigenvalue weighted by atomic mass is 9.93. The minimum atomic E-state index is 0.162. The zero-order valence-electron chi connectivity index (χ0n) is 10.7. The average Bonchev–Trinajstić information content (AvgIpc) is 2.82. The number of ether oxygens (including phenoxy) is 1. The van der Waals surface area contributed by atoms with Gasteiger partial charge in [-0.2, -0.15) is 0 Å². The van der Waals surface area contributed by atoms with Crippen LogP contribution in [-0.2, 0) is 4.74 Å². The minimum absolute atomic E-state index is 0.162. The molecular weight excluding hydrogens is 299 g/mol. The Morgan fingerprint density at radius 2 is 2.15 bits per heavy atom. The van der Waals surface area contributed by atoms with Gasteiger partial charge in [-0.05, 0) is 25.0 Å². The summed E-state index contributed by atoms with van der Waals surface area (Å²) >= 11 is 12.2. The van der Waals surface area contributed by atoms with Crippen molar-refractivity contribution in [2.75, 3.05) is 18.9 Å². The molecule has 106 valence electrons. The number of nitrogens with zero attached hydrogens (tertiary/aromatic N) is 1. The van der Waals surface area contributed by atoms with Crippen LogP contribution in [-0.4, -0.2) is 18.4 Å². The van der Waals surface area contributed by atoms with E-state index in [0.29, 0.717) is 22.5 Å². The predicted molar refractivity (Wildman–Crippen MR) is 79.2 cm³/mol. The van der Waals surface area contributed by atoms with E-state index < -0.39 is 0 Å². The van der Waals surface area contributed by atoms with Crippen LogP contribution in [0.15, 0.2) is 22.7 Å². The van der Waals surface area contributed by atoms with E-state index in [-0.39, 0.29) is 5.92 Å². The summed E-state index contributed by atoms with van der Waals surface area (Å²) in [5.74, 6) is 1.25. The quantitative estimate of drug-likeness (QED) is 0.906. The van der Waals surface area contributed by atoms with Gasteiger partial charge in [0, 0.05) is 23.1 Å². The van der Waals surface area contributed by atoms with Crippen molar-refractivity contribution in [3.8, 4) is 11.1 Å². The van der Waals surface area contributed by atoms with E-state index in [1.165, 1.54) is 0 Å². The summed E-state index contributed by atoms with van der Waals surface area (Å²) in [4.78, 5) is 0. The Bertz CT molecular complexity index is 622. The highest BCUT2D eigenvalue weighted by Crippen LogP contribution is 2.40. The van der Waals surface area contributed by atoms with Crippen LogP contribution in [0.3, 0.4) is 0 Å². The molecule has 20 heavy (non-hydrogen) atoms. The van der Waals surface area contributed by atoms with Crippen molar-refractivity contribution in [1.29, 1.82) is 0 Å². The smallest absolute Gasteiger partial charge is 0.175 e. The van der Waals surface area contributed by atoms with Crippen molar-refractivity contribution in [2.45, 2.75) is 18.8 Å². The fraction of sp³-hybridized carbons (Fsp3) is 0.357. The molecule has 0 amide bonds. The lowest BCUT2D eigenvalue weighted by molar-refractivity contribution is 0.0723. The molecule has 0 saturated carbocycles. The van der Waals surface area contributed by atoms with Gasteiger partial charge in [0.05, 0.1) is 17.2 Å². The van der Waals surface area contributed by atoms with Gasteiger partial charge < -0.3 is 15.0 Å². The fourth-order valence-electron chi connectivity index (χ4n) is 2.50. The van der Waals surface area contributed by atoms with Crippen LogP contribution in [0.5, 0.6) is 0 Å². The topological polar surface area (TPSA) is 61.3 Å². The van der Waals surface area contributed by atoms with Gasteiger partial charge in [0.15, 0.2) is 11.6 Å². The molecule has 1 aliphatic heterocycles. The van der Waals surface area contributed by atoms with Gasteiger partial charge in [0.25, 0.3) is 0 Å². The summed E-state index contributed by atoms with van der Waals surface area (Å²) < 4.78 is 10.9. The van der Waals surface area contributed by atoms with E-state index in [2.05, 4.69) is 5.16 Å². The molecule has 1 saturated heterocycles. The van der Waals surface area contributed by atoms with Gasteiger partial charge >= 0.3 is 0 Å². The van der Waals surface area contributed by atoms with E-state index >= 15 is 0 Å². The highest BCUT2D eigenvalue weighted by molar-refractivity contribution is 6.36. The molecule has 1 aromatic carbocycles. The fourth-order valence-corrected chi connectivity index (χ4v) is 3.01. The lowest BCUT2D eigenvalue weighted by Gasteiger charge is -2.20. The standard InChI is InChI=1S/C14H14Cl2N2O2/c15-9-3-4-10(11(16)6-9)12-13(20-18-14(12)17)8-2-1-5-19-7-8/h3-4,6,8H,1-2,5,7H2,(H2,17,18). The third kappa shape index (κ3) is 2.51. The molecule has 1 aliphatic rings. The maximum absolute atomic E-state index is 6.26. The largest absolute Gasteiger partial charge is 0.381 e. The Morgan fingerprint density at radius 3 is 2.85 bits per heavy atom. The first kappa shape index (κ1) is 13.7. The Labute approximate surface area is 126 Å². The van der Waals surface area contributed by atoms with Crippen LogP contribution in [0, 0.1) is 0 Å². The second-order valence-corrected chi connectivity index (χ2v) is 5.69. The molecule has 4 nitrogen and oxygen atoms in total. The van der Waals surface area contributed by atoms with Crippen molar-refractivity contribution < 1.29 is 9.26 Å². The zero-order chi connectivity index (χ0) is 14.1.